The van der Waals surface area contributed by atoms with Crippen molar-refractivity contribution in [2.75, 3.05) is 18.1 Å². The van der Waals surface area contributed by atoms with Crippen molar-refractivity contribution < 1.29 is 14.6 Å². The maximum Gasteiger partial charge on any atom is 0.303 e. The number of aromatic nitrogens is 1. The van der Waals surface area contributed by atoms with E-state index in [2.05, 4.69) is 9.88 Å². The van der Waals surface area contributed by atoms with Crippen LogP contribution in [0.2, 0.25) is 0 Å². The number of hydrogen-bond donors (Lipinski definition) is 1. The van der Waals surface area contributed by atoms with E-state index in [1.165, 1.54) is 0 Å². The highest BCUT2D eigenvalue weighted by atomic mass is 16.5. The second-order valence-electron chi connectivity index (χ2n) is 6.06. The van der Waals surface area contributed by atoms with Gasteiger partial charge in [-0.1, -0.05) is 36.4 Å². The summed E-state index contributed by atoms with van der Waals surface area (Å²) in [6.45, 7) is 1.12. The molecule has 1 aromatic heterocycles. The SMILES string of the molecule is O=C(O)CCc1cccc(OCCN(c2ccccc2)c2ccccn2)c1. The Balaban J connectivity index is 1.65. The predicted molar refractivity (Wildman–Crippen MR) is 106 cm³/mol. The van der Waals surface area contributed by atoms with Crippen LogP contribution in [0, 0.1) is 0 Å². The summed E-state index contributed by atoms with van der Waals surface area (Å²) in [7, 11) is 0. The monoisotopic (exact) mass is 362 g/mol. The molecule has 0 aliphatic carbocycles. The Labute approximate surface area is 158 Å². The van der Waals surface area contributed by atoms with E-state index in [0.717, 1.165) is 22.8 Å². The standard InChI is InChI=1S/C22H22N2O3/c25-22(26)13-12-18-7-6-10-20(17-18)27-16-15-24(19-8-2-1-3-9-19)21-11-4-5-14-23-21/h1-11,14,17H,12-13,15-16H2,(H,25,26). The molecule has 0 saturated heterocycles. The molecule has 5 heteroatoms. The minimum absolute atomic E-state index is 0.116. The number of carbonyl (C=O) groups is 1. The van der Waals surface area contributed by atoms with Crippen LogP contribution in [0.25, 0.3) is 0 Å². The van der Waals surface area contributed by atoms with Crippen molar-refractivity contribution in [1.29, 1.82) is 0 Å². The topological polar surface area (TPSA) is 62.7 Å². The average Bonchev–Trinajstić information content (AvgIpc) is 2.71. The third kappa shape index (κ3) is 5.57. The first kappa shape index (κ1) is 18.5. The number of hydrogen-bond acceptors (Lipinski definition) is 4. The average molecular weight is 362 g/mol. The van der Waals surface area contributed by atoms with Gasteiger partial charge in [0.15, 0.2) is 0 Å². The van der Waals surface area contributed by atoms with Gasteiger partial charge in [0.2, 0.25) is 0 Å². The summed E-state index contributed by atoms with van der Waals surface area (Å²) in [5.74, 6) is 0.810. The first-order chi connectivity index (χ1) is 13.2. The fourth-order valence-electron chi connectivity index (χ4n) is 2.79. The Morgan fingerprint density at radius 1 is 1.00 bits per heavy atom. The molecule has 0 aliphatic heterocycles. The quantitative estimate of drug-likeness (QED) is 0.614. The van der Waals surface area contributed by atoms with Gasteiger partial charge >= 0.3 is 5.97 Å². The number of ether oxygens (including phenoxy) is 1. The Kier molecular flexibility index (Phi) is 6.41. The lowest BCUT2D eigenvalue weighted by Crippen LogP contribution is -2.24. The zero-order valence-corrected chi connectivity index (χ0v) is 15.0. The summed E-state index contributed by atoms with van der Waals surface area (Å²) < 4.78 is 5.91. The number of anilines is 2. The number of pyridine rings is 1. The zero-order chi connectivity index (χ0) is 18.9. The number of nitrogens with zero attached hydrogens (tertiary/aromatic N) is 2. The van der Waals surface area contributed by atoms with Crippen LogP contribution in [0.4, 0.5) is 11.5 Å². The minimum atomic E-state index is -0.796. The van der Waals surface area contributed by atoms with Crippen LogP contribution in [-0.4, -0.2) is 29.2 Å². The summed E-state index contributed by atoms with van der Waals surface area (Å²) >= 11 is 0. The van der Waals surface area contributed by atoms with Gasteiger partial charge in [0, 0.05) is 18.3 Å². The van der Waals surface area contributed by atoms with Gasteiger partial charge in [0.1, 0.15) is 18.2 Å². The number of para-hydroxylation sites is 1. The smallest absolute Gasteiger partial charge is 0.303 e. The van der Waals surface area contributed by atoms with Crippen molar-refractivity contribution in [3.63, 3.8) is 0 Å². The lowest BCUT2D eigenvalue weighted by Gasteiger charge is -2.24. The molecular weight excluding hydrogens is 340 g/mol. The van der Waals surface area contributed by atoms with Crippen molar-refractivity contribution in [3.05, 3.63) is 84.6 Å². The molecule has 3 rings (SSSR count). The fraction of sp³-hybridized carbons (Fsp3) is 0.182. The van der Waals surface area contributed by atoms with Gasteiger partial charge < -0.3 is 14.7 Å². The van der Waals surface area contributed by atoms with Crippen LogP contribution >= 0.6 is 0 Å². The van der Waals surface area contributed by atoms with E-state index < -0.39 is 5.97 Å². The molecule has 2 aromatic carbocycles. The number of carboxylic acids is 1. The summed E-state index contributed by atoms with van der Waals surface area (Å²) in [5, 5.41) is 8.82. The van der Waals surface area contributed by atoms with Gasteiger partial charge in [-0.3, -0.25) is 4.79 Å². The summed E-state index contributed by atoms with van der Waals surface area (Å²) in [4.78, 5) is 17.3. The molecule has 1 N–H and O–H groups in total. The van der Waals surface area contributed by atoms with Crippen molar-refractivity contribution in [1.82, 2.24) is 4.98 Å². The Morgan fingerprint density at radius 3 is 2.56 bits per heavy atom. The Morgan fingerprint density at radius 2 is 1.81 bits per heavy atom. The van der Waals surface area contributed by atoms with Gasteiger partial charge in [-0.15, -0.1) is 0 Å². The summed E-state index contributed by atoms with van der Waals surface area (Å²) in [5.41, 5.74) is 2.01. The third-order valence-corrected chi connectivity index (χ3v) is 4.10. The van der Waals surface area contributed by atoms with Crippen molar-refractivity contribution in [3.8, 4) is 5.75 Å². The molecule has 138 valence electrons. The number of carboxylic acid groups (broad SMARTS) is 1. The van der Waals surface area contributed by atoms with Gasteiger partial charge in [-0.05, 0) is 48.4 Å². The molecule has 0 bridgehead atoms. The lowest BCUT2D eigenvalue weighted by atomic mass is 10.1. The van der Waals surface area contributed by atoms with E-state index in [1.54, 1.807) is 6.20 Å². The molecule has 1 heterocycles. The molecular formula is C22H22N2O3. The maximum atomic E-state index is 10.7. The van der Waals surface area contributed by atoms with Crippen molar-refractivity contribution in [2.24, 2.45) is 0 Å². The second-order valence-corrected chi connectivity index (χ2v) is 6.06. The maximum absolute atomic E-state index is 10.7. The molecule has 27 heavy (non-hydrogen) atoms. The van der Waals surface area contributed by atoms with Crippen LogP contribution in [0.5, 0.6) is 5.75 Å². The first-order valence-corrected chi connectivity index (χ1v) is 8.89. The normalized spacial score (nSPS) is 10.4. The fourth-order valence-corrected chi connectivity index (χ4v) is 2.79. The van der Waals surface area contributed by atoms with Gasteiger partial charge in [-0.2, -0.15) is 0 Å². The van der Waals surface area contributed by atoms with Gasteiger partial charge in [0.25, 0.3) is 0 Å². The predicted octanol–water partition coefficient (Wildman–Crippen LogP) is 4.32. The van der Waals surface area contributed by atoms with Crippen LogP contribution < -0.4 is 9.64 Å². The second kappa shape index (κ2) is 9.38. The highest BCUT2D eigenvalue weighted by Crippen LogP contribution is 2.23. The largest absolute Gasteiger partial charge is 0.492 e. The van der Waals surface area contributed by atoms with E-state index in [4.69, 9.17) is 9.84 Å². The first-order valence-electron chi connectivity index (χ1n) is 8.89. The molecule has 0 unspecified atom stereocenters. The minimum Gasteiger partial charge on any atom is -0.492 e. The van der Waals surface area contributed by atoms with Gasteiger partial charge in [0.05, 0.1) is 6.54 Å². The van der Waals surface area contributed by atoms with E-state index in [1.807, 2.05) is 72.8 Å². The van der Waals surface area contributed by atoms with Crippen LogP contribution in [0.1, 0.15) is 12.0 Å². The number of rotatable bonds is 9. The summed E-state index contributed by atoms with van der Waals surface area (Å²) in [6, 6.07) is 23.5. The zero-order valence-electron chi connectivity index (χ0n) is 15.0. The molecule has 0 atom stereocenters. The van der Waals surface area contributed by atoms with E-state index in [0.29, 0.717) is 19.6 Å². The van der Waals surface area contributed by atoms with E-state index >= 15 is 0 Å². The van der Waals surface area contributed by atoms with E-state index in [9.17, 15) is 4.79 Å². The molecule has 0 spiro atoms. The highest BCUT2D eigenvalue weighted by Gasteiger charge is 2.10. The van der Waals surface area contributed by atoms with Crippen LogP contribution in [-0.2, 0) is 11.2 Å². The molecule has 0 amide bonds. The van der Waals surface area contributed by atoms with Crippen LogP contribution in [0.15, 0.2) is 79.0 Å². The lowest BCUT2D eigenvalue weighted by molar-refractivity contribution is -0.136. The molecule has 3 aromatic rings. The molecule has 5 nitrogen and oxygen atoms in total. The van der Waals surface area contributed by atoms with Crippen LogP contribution in [0.3, 0.4) is 0 Å². The highest BCUT2D eigenvalue weighted by molar-refractivity contribution is 5.67. The van der Waals surface area contributed by atoms with Crippen molar-refractivity contribution >= 4 is 17.5 Å². The molecule has 0 radical (unpaired) electrons. The Hall–Kier alpha value is -3.34. The molecule has 0 fully saturated rings. The molecule has 0 saturated carbocycles. The van der Waals surface area contributed by atoms with Crippen molar-refractivity contribution in [2.45, 2.75) is 12.8 Å². The number of benzene rings is 2. The van der Waals surface area contributed by atoms with Gasteiger partial charge in [-0.25, -0.2) is 4.98 Å². The number of aryl methyl sites for hydroxylation is 1. The van der Waals surface area contributed by atoms with E-state index in [-0.39, 0.29) is 6.42 Å². The summed E-state index contributed by atoms with van der Waals surface area (Å²) in [6.07, 6.45) is 2.39. The molecule has 0 aliphatic rings. The third-order valence-electron chi connectivity index (χ3n) is 4.10. The Bertz CT molecular complexity index is 814. The number of aliphatic carboxylic acids is 1.